The SMILES string of the molecule is Cc1ccc(Nc2ccc(N)c(C)n2)c(Br)c1. The Morgan fingerprint density at radius 1 is 1.18 bits per heavy atom. The second kappa shape index (κ2) is 4.75. The van der Waals surface area contributed by atoms with E-state index in [9.17, 15) is 0 Å². The molecule has 0 fully saturated rings. The van der Waals surface area contributed by atoms with Gasteiger partial charge in [-0.1, -0.05) is 6.07 Å². The molecule has 2 aromatic rings. The van der Waals surface area contributed by atoms with Crippen molar-refractivity contribution in [1.82, 2.24) is 4.98 Å². The number of nitrogens with two attached hydrogens (primary N) is 1. The summed E-state index contributed by atoms with van der Waals surface area (Å²) in [6.45, 7) is 3.95. The van der Waals surface area contributed by atoms with E-state index in [1.165, 1.54) is 5.56 Å². The summed E-state index contributed by atoms with van der Waals surface area (Å²) >= 11 is 3.52. The molecule has 0 bridgehead atoms. The average molecular weight is 292 g/mol. The summed E-state index contributed by atoms with van der Waals surface area (Å²) in [5.41, 5.74) is 9.48. The fourth-order valence-electron chi connectivity index (χ4n) is 1.50. The average Bonchev–Trinajstić information content (AvgIpc) is 2.27. The van der Waals surface area contributed by atoms with Gasteiger partial charge in [-0.25, -0.2) is 4.98 Å². The topological polar surface area (TPSA) is 50.9 Å². The molecule has 17 heavy (non-hydrogen) atoms. The molecular weight excluding hydrogens is 278 g/mol. The van der Waals surface area contributed by atoms with Gasteiger partial charge in [-0.3, -0.25) is 0 Å². The number of anilines is 3. The molecule has 1 aromatic carbocycles. The Bertz CT molecular complexity index is 552. The molecule has 0 amide bonds. The number of nitrogens with zero attached hydrogens (tertiary/aromatic N) is 1. The summed E-state index contributed by atoms with van der Waals surface area (Å²) in [6.07, 6.45) is 0. The molecule has 3 N–H and O–H groups in total. The molecule has 0 radical (unpaired) electrons. The van der Waals surface area contributed by atoms with E-state index < -0.39 is 0 Å². The zero-order valence-electron chi connectivity index (χ0n) is 9.79. The number of rotatable bonds is 2. The summed E-state index contributed by atoms with van der Waals surface area (Å²) in [5.74, 6) is 0.793. The van der Waals surface area contributed by atoms with Crippen LogP contribution < -0.4 is 11.1 Å². The molecule has 3 nitrogen and oxygen atoms in total. The smallest absolute Gasteiger partial charge is 0.130 e. The highest BCUT2D eigenvalue weighted by Gasteiger charge is 2.02. The molecule has 88 valence electrons. The maximum Gasteiger partial charge on any atom is 0.130 e. The number of aromatic nitrogens is 1. The predicted molar refractivity (Wildman–Crippen MR) is 75.5 cm³/mol. The minimum Gasteiger partial charge on any atom is -0.397 e. The minimum atomic E-state index is 0.707. The highest BCUT2D eigenvalue weighted by Crippen LogP contribution is 2.26. The van der Waals surface area contributed by atoms with E-state index in [-0.39, 0.29) is 0 Å². The number of aryl methyl sites for hydroxylation is 2. The number of hydrogen-bond acceptors (Lipinski definition) is 3. The third-order valence-corrected chi connectivity index (χ3v) is 3.17. The van der Waals surface area contributed by atoms with Gasteiger partial charge in [-0.2, -0.15) is 0 Å². The Labute approximate surface area is 109 Å². The molecule has 0 aliphatic carbocycles. The second-order valence-electron chi connectivity index (χ2n) is 3.98. The zero-order chi connectivity index (χ0) is 12.4. The summed E-state index contributed by atoms with van der Waals surface area (Å²) in [5, 5.41) is 3.25. The zero-order valence-corrected chi connectivity index (χ0v) is 11.4. The molecule has 0 unspecified atom stereocenters. The molecule has 0 spiro atoms. The van der Waals surface area contributed by atoms with Crippen LogP contribution in [0.1, 0.15) is 11.3 Å². The van der Waals surface area contributed by atoms with Crippen molar-refractivity contribution in [3.63, 3.8) is 0 Å². The van der Waals surface area contributed by atoms with Crippen molar-refractivity contribution in [3.8, 4) is 0 Å². The quantitative estimate of drug-likeness (QED) is 0.885. The van der Waals surface area contributed by atoms with Crippen LogP contribution in [0.2, 0.25) is 0 Å². The van der Waals surface area contributed by atoms with Crippen molar-refractivity contribution in [1.29, 1.82) is 0 Å². The Balaban J connectivity index is 2.28. The number of nitrogens with one attached hydrogen (secondary N) is 1. The third-order valence-electron chi connectivity index (χ3n) is 2.51. The number of halogens is 1. The van der Waals surface area contributed by atoms with Gasteiger partial charge < -0.3 is 11.1 Å². The highest BCUT2D eigenvalue weighted by molar-refractivity contribution is 9.10. The van der Waals surface area contributed by atoms with Crippen molar-refractivity contribution in [2.75, 3.05) is 11.1 Å². The van der Waals surface area contributed by atoms with Gasteiger partial charge >= 0.3 is 0 Å². The monoisotopic (exact) mass is 291 g/mol. The standard InChI is InChI=1S/C13H14BrN3/c1-8-3-5-12(10(14)7-8)17-13-6-4-11(15)9(2)16-13/h3-7H,15H2,1-2H3,(H,16,17). The summed E-state index contributed by atoms with van der Waals surface area (Å²) in [4.78, 5) is 4.37. The normalized spacial score (nSPS) is 10.3. The predicted octanol–water partition coefficient (Wildman–Crippen LogP) is 3.79. The largest absolute Gasteiger partial charge is 0.397 e. The van der Waals surface area contributed by atoms with Crippen LogP contribution in [0.3, 0.4) is 0 Å². The molecule has 2 rings (SSSR count). The molecule has 0 atom stereocenters. The van der Waals surface area contributed by atoms with Crippen molar-refractivity contribution in [2.24, 2.45) is 0 Å². The number of nitrogen functional groups attached to an aromatic ring is 1. The van der Waals surface area contributed by atoms with Gasteiger partial charge in [0.05, 0.1) is 17.1 Å². The number of benzene rings is 1. The van der Waals surface area contributed by atoms with Gasteiger partial charge in [-0.05, 0) is 59.6 Å². The maximum atomic E-state index is 5.73. The fourth-order valence-corrected chi connectivity index (χ4v) is 2.09. The van der Waals surface area contributed by atoms with Gasteiger partial charge in [0.1, 0.15) is 5.82 Å². The minimum absolute atomic E-state index is 0.707. The summed E-state index contributed by atoms with van der Waals surface area (Å²) < 4.78 is 1.02. The van der Waals surface area contributed by atoms with Crippen LogP contribution in [0.5, 0.6) is 0 Å². The first-order chi connectivity index (χ1) is 8.06. The van der Waals surface area contributed by atoms with Gasteiger partial charge in [-0.15, -0.1) is 0 Å². The van der Waals surface area contributed by atoms with E-state index in [1.54, 1.807) is 0 Å². The third kappa shape index (κ3) is 2.77. The highest BCUT2D eigenvalue weighted by atomic mass is 79.9. The molecule has 0 aliphatic rings. The number of pyridine rings is 1. The van der Waals surface area contributed by atoms with Crippen LogP contribution in [-0.4, -0.2) is 4.98 Å². The lowest BCUT2D eigenvalue weighted by Crippen LogP contribution is -1.98. The Morgan fingerprint density at radius 2 is 1.94 bits per heavy atom. The maximum absolute atomic E-state index is 5.73. The van der Waals surface area contributed by atoms with Crippen molar-refractivity contribution in [2.45, 2.75) is 13.8 Å². The van der Waals surface area contributed by atoms with Crippen LogP contribution >= 0.6 is 15.9 Å². The fraction of sp³-hybridized carbons (Fsp3) is 0.154. The van der Waals surface area contributed by atoms with Crippen LogP contribution in [0, 0.1) is 13.8 Å². The lowest BCUT2D eigenvalue weighted by atomic mass is 10.2. The van der Waals surface area contributed by atoms with Gasteiger partial charge in [0, 0.05) is 4.47 Å². The van der Waals surface area contributed by atoms with Crippen LogP contribution in [0.25, 0.3) is 0 Å². The molecule has 0 saturated carbocycles. The van der Waals surface area contributed by atoms with E-state index in [0.717, 1.165) is 21.7 Å². The Kier molecular flexibility index (Phi) is 3.33. The van der Waals surface area contributed by atoms with Gasteiger partial charge in [0.25, 0.3) is 0 Å². The van der Waals surface area contributed by atoms with E-state index in [4.69, 9.17) is 5.73 Å². The summed E-state index contributed by atoms with van der Waals surface area (Å²) in [6, 6.07) is 9.86. The first kappa shape index (κ1) is 11.9. The van der Waals surface area contributed by atoms with Crippen molar-refractivity contribution in [3.05, 3.63) is 46.1 Å². The lowest BCUT2D eigenvalue weighted by Gasteiger charge is -2.09. The molecular formula is C13H14BrN3. The van der Waals surface area contributed by atoms with Crippen LogP contribution in [0.4, 0.5) is 17.2 Å². The van der Waals surface area contributed by atoms with Crippen LogP contribution in [0.15, 0.2) is 34.8 Å². The van der Waals surface area contributed by atoms with Crippen molar-refractivity contribution >= 4 is 33.1 Å². The molecule has 0 saturated heterocycles. The van der Waals surface area contributed by atoms with Gasteiger partial charge in [0.2, 0.25) is 0 Å². The van der Waals surface area contributed by atoms with E-state index in [0.29, 0.717) is 5.69 Å². The lowest BCUT2D eigenvalue weighted by molar-refractivity contribution is 1.20. The van der Waals surface area contributed by atoms with Gasteiger partial charge in [0.15, 0.2) is 0 Å². The second-order valence-corrected chi connectivity index (χ2v) is 4.83. The molecule has 0 aliphatic heterocycles. The van der Waals surface area contributed by atoms with Crippen LogP contribution in [-0.2, 0) is 0 Å². The Morgan fingerprint density at radius 3 is 2.59 bits per heavy atom. The molecule has 1 heterocycles. The first-order valence-electron chi connectivity index (χ1n) is 5.32. The molecule has 4 heteroatoms. The molecule has 1 aromatic heterocycles. The van der Waals surface area contributed by atoms with E-state index >= 15 is 0 Å². The summed E-state index contributed by atoms with van der Waals surface area (Å²) in [7, 11) is 0. The van der Waals surface area contributed by atoms with Crippen molar-refractivity contribution < 1.29 is 0 Å². The van der Waals surface area contributed by atoms with E-state index in [2.05, 4.69) is 45.3 Å². The number of hydrogen-bond donors (Lipinski definition) is 2. The Hall–Kier alpha value is -1.55. The van der Waals surface area contributed by atoms with E-state index in [1.807, 2.05) is 25.1 Å². The first-order valence-corrected chi connectivity index (χ1v) is 6.12.